The van der Waals surface area contributed by atoms with Crippen LogP contribution in [-0.2, 0) is 13.0 Å². The first-order valence-electron chi connectivity index (χ1n) is 15.9. The van der Waals surface area contributed by atoms with Crippen LogP contribution in [0.1, 0.15) is 61.6 Å². The van der Waals surface area contributed by atoms with Crippen molar-refractivity contribution in [1.82, 2.24) is 19.9 Å². The second kappa shape index (κ2) is 12.3. The highest BCUT2D eigenvalue weighted by atomic mass is 19.4. The Balaban J connectivity index is 1.35. The number of halogens is 4. The average Bonchev–Trinajstić information content (AvgIpc) is 3.57. The van der Waals surface area contributed by atoms with Gasteiger partial charge in [-0.3, -0.25) is 9.88 Å². The fourth-order valence-corrected chi connectivity index (χ4v) is 7.41. The number of aromatic nitrogens is 3. The van der Waals surface area contributed by atoms with Crippen LogP contribution in [0.25, 0.3) is 22.2 Å². The number of ether oxygens (including phenoxy) is 3. The summed E-state index contributed by atoms with van der Waals surface area (Å²) < 4.78 is 73.4. The lowest BCUT2D eigenvalue weighted by Gasteiger charge is -2.30. The molecule has 242 valence electrons. The van der Waals surface area contributed by atoms with E-state index in [2.05, 4.69) is 32.8 Å². The third-order valence-corrected chi connectivity index (χ3v) is 9.50. The number of fused-ring (bicyclic) bond motifs is 3. The summed E-state index contributed by atoms with van der Waals surface area (Å²) in [5.41, 5.74) is 3.72. The van der Waals surface area contributed by atoms with Crippen molar-refractivity contribution in [1.29, 1.82) is 0 Å². The molecule has 2 saturated heterocycles. The largest absolute Gasteiger partial charge is 0.480 e. The lowest BCUT2D eigenvalue weighted by molar-refractivity contribution is -0.153. The first-order valence-corrected chi connectivity index (χ1v) is 15.9. The van der Waals surface area contributed by atoms with E-state index >= 15 is 0 Å². The van der Waals surface area contributed by atoms with Gasteiger partial charge in [-0.15, -0.1) is 0 Å². The molecule has 0 radical (unpaired) electrons. The molecule has 1 unspecified atom stereocenters. The molecule has 2 aromatic carbocycles. The second-order valence-corrected chi connectivity index (χ2v) is 12.7. The number of aryl methyl sites for hydroxylation is 1. The third kappa shape index (κ3) is 6.09. The minimum atomic E-state index is -4.60. The summed E-state index contributed by atoms with van der Waals surface area (Å²) in [5, 5.41) is 0.299. The Bertz CT molecular complexity index is 1720. The molecule has 3 atom stereocenters. The summed E-state index contributed by atoms with van der Waals surface area (Å²) in [6.45, 7) is 2.05. The smallest absolute Gasteiger partial charge is 0.422 e. The Labute approximate surface area is 264 Å². The van der Waals surface area contributed by atoms with E-state index in [1.165, 1.54) is 6.20 Å². The van der Waals surface area contributed by atoms with Crippen molar-refractivity contribution in [3.8, 4) is 28.9 Å². The lowest BCUT2D eigenvalue weighted by Crippen LogP contribution is -2.43. The summed E-state index contributed by atoms with van der Waals surface area (Å²) in [5.74, 6) is 0.197. The Hall–Kier alpha value is -3.99. The van der Waals surface area contributed by atoms with Crippen molar-refractivity contribution in [2.75, 3.05) is 26.3 Å². The molecule has 46 heavy (non-hydrogen) atoms. The van der Waals surface area contributed by atoms with Gasteiger partial charge in [-0.05, 0) is 61.3 Å². The standard InChI is InChI=1S/C35H36F4N4O3/c1-22-8-5-11-24-12-6-13-26(28(22)24)29-31(45-21-35(37,38)39)30-27(17-40-29)32(44-19-23-9-3-2-4-10-23)42-33(41-30)46-20-34-14-7-15-43(34)18-25(36)16-34/h2-4,6,9-10,12-13,17,22,25H,5,7-8,11,14-16,18-21H2,1H3/t22?,25-,34+/m1/s1. The summed E-state index contributed by atoms with van der Waals surface area (Å²) in [7, 11) is 0. The van der Waals surface area contributed by atoms with Crippen molar-refractivity contribution in [2.45, 2.75) is 75.9 Å². The van der Waals surface area contributed by atoms with Crippen molar-refractivity contribution < 1.29 is 31.8 Å². The number of alkyl halides is 4. The van der Waals surface area contributed by atoms with Crippen LogP contribution in [0.5, 0.6) is 17.6 Å². The lowest BCUT2D eigenvalue weighted by atomic mass is 9.80. The van der Waals surface area contributed by atoms with Crippen LogP contribution < -0.4 is 14.2 Å². The molecule has 7 nitrogen and oxygen atoms in total. The van der Waals surface area contributed by atoms with Gasteiger partial charge in [-0.1, -0.05) is 55.5 Å². The highest BCUT2D eigenvalue weighted by molar-refractivity contribution is 5.93. The average molecular weight is 637 g/mol. The first kappa shape index (κ1) is 30.7. The zero-order valence-corrected chi connectivity index (χ0v) is 25.7. The van der Waals surface area contributed by atoms with Gasteiger partial charge in [0.1, 0.15) is 30.6 Å². The molecule has 2 aliphatic heterocycles. The molecule has 2 fully saturated rings. The predicted octanol–water partition coefficient (Wildman–Crippen LogP) is 7.61. The quantitative estimate of drug-likeness (QED) is 0.175. The van der Waals surface area contributed by atoms with E-state index in [-0.39, 0.29) is 48.0 Å². The number of hydrogen-bond donors (Lipinski definition) is 0. The maximum absolute atomic E-state index is 14.5. The molecular formula is C35H36F4N4O3. The Kier molecular flexibility index (Phi) is 8.21. The van der Waals surface area contributed by atoms with E-state index in [9.17, 15) is 17.6 Å². The zero-order chi connectivity index (χ0) is 31.9. The molecule has 0 N–H and O–H groups in total. The maximum atomic E-state index is 14.5. The molecule has 0 bridgehead atoms. The number of pyridine rings is 1. The van der Waals surface area contributed by atoms with Gasteiger partial charge in [0.15, 0.2) is 12.4 Å². The van der Waals surface area contributed by atoms with Gasteiger partial charge >= 0.3 is 12.2 Å². The monoisotopic (exact) mass is 636 g/mol. The highest BCUT2D eigenvalue weighted by Crippen LogP contribution is 2.45. The van der Waals surface area contributed by atoms with Crippen molar-refractivity contribution in [3.63, 3.8) is 0 Å². The maximum Gasteiger partial charge on any atom is 0.422 e. The fourth-order valence-electron chi connectivity index (χ4n) is 7.41. The molecule has 1 aliphatic carbocycles. The van der Waals surface area contributed by atoms with Crippen LogP contribution in [0, 0.1) is 0 Å². The number of hydrogen-bond acceptors (Lipinski definition) is 7. The van der Waals surface area contributed by atoms with Crippen molar-refractivity contribution >= 4 is 10.9 Å². The number of benzene rings is 2. The minimum Gasteiger partial charge on any atom is -0.480 e. The minimum absolute atomic E-state index is 0.0726. The summed E-state index contributed by atoms with van der Waals surface area (Å²) in [6, 6.07) is 15.2. The number of rotatable bonds is 9. The Morgan fingerprint density at radius 3 is 2.67 bits per heavy atom. The van der Waals surface area contributed by atoms with Crippen LogP contribution in [0.3, 0.4) is 0 Å². The van der Waals surface area contributed by atoms with Crippen LogP contribution in [-0.4, -0.2) is 64.0 Å². The predicted molar refractivity (Wildman–Crippen MR) is 165 cm³/mol. The van der Waals surface area contributed by atoms with Crippen LogP contribution >= 0.6 is 0 Å². The number of nitrogens with zero attached hydrogens (tertiary/aromatic N) is 4. The molecule has 3 aliphatic rings. The van der Waals surface area contributed by atoms with Gasteiger partial charge in [0, 0.05) is 24.7 Å². The van der Waals surface area contributed by atoms with Gasteiger partial charge in [0.2, 0.25) is 5.88 Å². The summed E-state index contributed by atoms with van der Waals surface area (Å²) in [4.78, 5) is 16.0. The topological polar surface area (TPSA) is 69.6 Å². The Morgan fingerprint density at radius 2 is 1.85 bits per heavy atom. The fraction of sp³-hybridized carbons (Fsp3) is 0.457. The highest BCUT2D eigenvalue weighted by Gasteiger charge is 2.49. The van der Waals surface area contributed by atoms with E-state index in [0.29, 0.717) is 18.4 Å². The molecule has 11 heteroatoms. The van der Waals surface area contributed by atoms with E-state index in [4.69, 9.17) is 14.2 Å². The summed E-state index contributed by atoms with van der Waals surface area (Å²) in [6.07, 6.45) is 0.946. The third-order valence-electron chi connectivity index (χ3n) is 9.50. The molecule has 7 rings (SSSR count). The van der Waals surface area contributed by atoms with Crippen LogP contribution in [0.4, 0.5) is 17.6 Å². The van der Waals surface area contributed by atoms with Crippen LogP contribution in [0.2, 0.25) is 0 Å². The molecule has 2 aromatic heterocycles. The second-order valence-electron chi connectivity index (χ2n) is 12.7. The van der Waals surface area contributed by atoms with E-state index in [1.807, 2.05) is 42.5 Å². The molecule has 0 saturated carbocycles. The van der Waals surface area contributed by atoms with E-state index < -0.39 is 24.5 Å². The molecule has 0 spiro atoms. The van der Waals surface area contributed by atoms with Gasteiger partial charge in [0.05, 0.1) is 10.9 Å². The van der Waals surface area contributed by atoms with Gasteiger partial charge in [-0.25, -0.2) is 4.39 Å². The van der Waals surface area contributed by atoms with E-state index in [1.54, 1.807) is 0 Å². The molecule has 4 heterocycles. The molecule has 4 aromatic rings. The normalized spacial score (nSPS) is 22.9. The van der Waals surface area contributed by atoms with Crippen molar-refractivity contribution in [3.05, 3.63) is 71.4 Å². The first-order chi connectivity index (χ1) is 22.2. The zero-order valence-electron chi connectivity index (χ0n) is 25.7. The van der Waals surface area contributed by atoms with E-state index in [0.717, 1.165) is 60.9 Å². The molecular weight excluding hydrogens is 600 g/mol. The van der Waals surface area contributed by atoms with Crippen molar-refractivity contribution in [2.24, 2.45) is 0 Å². The van der Waals surface area contributed by atoms with Gasteiger partial charge in [0.25, 0.3) is 0 Å². The van der Waals surface area contributed by atoms with Crippen LogP contribution in [0.15, 0.2) is 54.7 Å². The van der Waals surface area contributed by atoms with Gasteiger partial charge in [-0.2, -0.15) is 23.1 Å². The molecule has 0 amide bonds. The van der Waals surface area contributed by atoms with Gasteiger partial charge < -0.3 is 14.2 Å². The SMILES string of the molecule is CC1CCCc2cccc(-c3ncc4c(OCc5ccccc5)nc(OC[C@@]56CCCN5C[C@H](F)C6)nc4c3OCC(F)(F)F)c21. The Morgan fingerprint density at radius 1 is 1.00 bits per heavy atom. The summed E-state index contributed by atoms with van der Waals surface area (Å²) >= 11 is 0.